The van der Waals surface area contributed by atoms with Gasteiger partial charge in [0.25, 0.3) is 5.56 Å². The number of aromatic nitrogens is 2. The number of benzene rings is 3. The van der Waals surface area contributed by atoms with Gasteiger partial charge in [0.2, 0.25) is 5.82 Å². The Morgan fingerprint density at radius 1 is 1.11 bits per heavy atom. The van der Waals surface area contributed by atoms with E-state index in [1.54, 1.807) is 37.6 Å². The summed E-state index contributed by atoms with van der Waals surface area (Å²) in [6, 6.07) is 18.3. The number of rotatable bonds is 6. The summed E-state index contributed by atoms with van der Waals surface area (Å²) in [5.41, 5.74) is 1.64. The fourth-order valence-electron chi connectivity index (χ4n) is 3.74. The third-order valence-corrected chi connectivity index (χ3v) is 6.40. The summed E-state index contributed by atoms with van der Waals surface area (Å²) in [5.74, 6) is 1.89. The topological polar surface area (TPSA) is 78.9 Å². The maximum absolute atomic E-state index is 13.4. The highest BCUT2D eigenvalue weighted by atomic mass is 79.9. The van der Waals surface area contributed by atoms with Crippen molar-refractivity contribution in [3.63, 3.8) is 0 Å². The second-order valence-corrected chi connectivity index (χ2v) is 9.34. The largest absolute Gasteiger partial charge is 0.493 e. The molecule has 0 unspecified atom stereocenters. The molecule has 0 aliphatic rings. The Morgan fingerprint density at radius 2 is 1.94 bits per heavy atom. The first-order chi connectivity index (χ1) is 17.0. The fraction of sp³-hybridized carbons (Fsp3) is 0.115. The van der Waals surface area contributed by atoms with Crippen molar-refractivity contribution in [2.45, 2.75) is 6.92 Å². The molecule has 0 spiro atoms. The highest BCUT2D eigenvalue weighted by Crippen LogP contribution is 2.36. The van der Waals surface area contributed by atoms with Gasteiger partial charge >= 0.3 is 0 Å². The lowest BCUT2D eigenvalue weighted by molar-refractivity contribution is 0.309. The molecule has 0 bridgehead atoms. The van der Waals surface area contributed by atoms with Crippen LogP contribution < -0.4 is 15.0 Å². The molecule has 2 heterocycles. The van der Waals surface area contributed by atoms with E-state index in [0.29, 0.717) is 56.2 Å². The Balaban J connectivity index is 1.68. The zero-order chi connectivity index (χ0) is 24.5. The highest BCUT2D eigenvalue weighted by molar-refractivity contribution is 9.10. The second kappa shape index (κ2) is 9.67. The molecular weight excluding hydrogens is 578 g/mol. The lowest BCUT2D eigenvalue weighted by atomic mass is 10.2. The van der Waals surface area contributed by atoms with E-state index in [0.717, 1.165) is 9.86 Å². The minimum absolute atomic E-state index is 0.300. The van der Waals surface area contributed by atoms with Crippen molar-refractivity contribution >= 4 is 59.9 Å². The molecule has 0 saturated carbocycles. The van der Waals surface area contributed by atoms with E-state index < -0.39 is 0 Å². The van der Waals surface area contributed by atoms with Crippen molar-refractivity contribution in [1.29, 1.82) is 0 Å². The number of ether oxygens (including phenoxy) is 2. The number of para-hydroxylation sites is 1. The zero-order valence-electron chi connectivity index (χ0n) is 18.8. The summed E-state index contributed by atoms with van der Waals surface area (Å²) in [6.45, 7) is 2.40. The van der Waals surface area contributed by atoms with E-state index in [9.17, 15) is 4.79 Å². The molecule has 0 amide bonds. The van der Waals surface area contributed by atoms with E-state index >= 15 is 0 Å². The Labute approximate surface area is 217 Å². The van der Waals surface area contributed by atoms with E-state index in [1.807, 2.05) is 43.3 Å². The highest BCUT2D eigenvalue weighted by Gasteiger charge is 2.17. The summed E-state index contributed by atoms with van der Waals surface area (Å²) < 4.78 is 20.1. The van der Waals surface area contributed by atoms with Crippen LogP contribution in [0.2, 0.25) is 0 Å². The first-order valence-electron chi connectivity index (χ1n) is 10.7. The molecule has 2 aromatic heterocycles. The number of halogens is 2. The van der Waals surface area contributed by atoms with Crippen LogP contribution in [0.1, 0.15) is 12.5 Å². The van der Waals surface area contributed by atoms with Crippen molar-refractivity contribution in [3.05, 3.63) is 85.5 Å². The number of methoxy groups -OCH3 is 1. The maximum atomic E-state index is 13.4. The van der Waals surface area contributed by atoms with Crippen LogP contribution in [0.5, 0.6) is 11.5 Å². The molecule has 9 heteroatoms. The molecule has 0 aliphatic heterocycles. The van der Waals surface area contributed by atoms with Gasteiger partial charge in [-0.25, -0.2) is 4.98 Å². The minimum atomic E-state index is -0.305. The van der Waals surface area contributed by atoms with Crippen molar-refractivity contribution in [3.8, 4) is 23.1 Å². The van der Waals surface area contributed by atoms with Gasteiger partial charge in [-0.05, 0) is 76.9 Å². The third kappa shape index (κ3) is 4.49. The van der Waals surface area contributed by atoms with Crippen LogP contribution in [0.4, 0.5) is 0 Å². The molecule has 5 aromatic rings. The van der Waals surface area contributed by atoms with Crippen LogP contribution in [0.25, 0.3) is 33.5 Å². The summed E-state index contributed by atoms with van der Waals surface area (Å²) >= 11 is 7.00. The van der Waals surface area contributed by atoms with Crippen LogP contribution in [0.3, 0.4) is 0 Å². The van der Waals surface area contributed by atoms with Crippen LogP contribution in [0, 0.1) is 0 Å². The van der Waals surface area contributed by atoms with E-state index in [-0.39, 0.29) is 5.56 Å². The van der Waals surface area contributed by atoms with Gasteiger partial charge in [-0.15, -0.1) is 0 Å². The lowest BCUT2D eigenvalue weighted by Crippen LogP contribution is -2.20. The predicted molar refractivity (Wildman–Crippen MR) is 144 cm³/mol. The smallest absolute Gasteiger partial charge is 0.282 e. The van der Waals surface area contributed by atoms with Crippen LogP contribution >= 0.6 is 31.9 Å². The molecule has 3 aromatic carbocycles. The quantitative estimate of drug-likeness (QED) is 0.206. The van der Waals surface area contributed by atoms with Gasteiger partial charge in [0.15, 0.2) is 17.3 Å². The molecule has 7 nitrogen and oxygen atoms in total. The second-order valence-electron chi connectivity index (χ2n) is 7.57. The van der Waals surface area contributed by atoms with E-state index in [2.05, 4.69) is 37.0 Å². The zero-order valence-corrected chi connectivity index (χ0v) is 22.0. The summed E-state index contributed by atoms with van der Waals surface area (Å²) in [7, 11) is 1.57. The monoisotopic (exact) mass is 595 g/mol. The van der Waals surface area contributed by atoms with Crippen molar-refractivity contribution in [2.24, 2.45) is 5.10 Å². The number of hydrogen-bond acceptors (Lipinski definition) is 6. The summed E-state index contributed by atoms with van der Waals surface area (Å²) in [4.78, 5) is 18.2. The maximum Gasteiger partial charge on any atom is 0.282 e. The molecule has 0 aliphatic carbocycles. The van der Waals surface area contributed by atoms with Crippen LogP contribution in [-0.2, 0) is 0 Å². The third-order valence-electron chi connectivity index (χ3n) is 5.32. The number of fused-ring (bicyclic) bond motifs is 2. The first-order valence-corrected chi connectivity index (χ1v) is 12.3. The fourth-order valence-corrected chi connectivity index (χ4v) is 4.69. The van der Waals surface area contributed by atoms with E-state index in [1.165, 1.54) is 4.68 Å². The van der Waals surface area contributed by atoms with Crippen molar-refractivity contribution < 1.29 is 13.9 Å². The molecule has 0 saturated heterocycles. The van der Waals surface area contributed by atoms with Crippen LogP contribution in [-0.4, -0.2) is 29.6 Å². The Morgan fingerprint density at radius 3 is 2.74 bits per heavy atom. The molecule has 5 rings (SSSR count). The first kappa shape index (κ1) is 23.3. The van der Waals surface area contributed by atoms with Gasteiger partial charge in [0.05, 0.1) is 35.3 Å². The normalized spacial score (nSPS) is 11.5. The summed E-state index contributed by atoms with van der Waals surface area (Å²) in [6.07, 6.45) is 1.57. The van der Waals surface area contributed by atoms with Gasteiger partial charge < -0.3 is 13.9 Å². The molecule has 0 radical (unpaired) electrons. The van der Waals surface area contributed by atoms with Crippen molar-refractivity contribution in [2.75, 3.05) is 13.7 Å². The molecule has 0 N–H and O–H groups in total. The van der Waals surface area contributed by atoms with Gasteiger partial charge in [0, 0.05) is 9.86 Å². The molecule has 0 fully saturated rings. The minimum Gasteiger partial charge on any atom is -0.493 e. The van der Waals surface area contributed by atoms with Crippen LogP contribution in [0.15, 0.2) is 83.9 Å². The average Bonchev–Trinajstić information content (AvgIpc) is 3.28. The Bertz CT molecular complexity index is 1660. The molecule has 0 atom stereocenters. The predicted octanol–water partition coefficient (Wildman–Crippen LogP) is 6.62. The number of hydrogen-bond donors (Lipinski definition) is 0. The molecule has 176 valence electrons. The van der Waals surface area contributed by atoms with Crippen molar-refractivity contribution in [1.82, 2.24) is 9.66 Å². The Hall–Kier alpha value is -3.43. The van der Waals surface area contributed by atoms with Gasteiger partial charge in [0.1, 0.15) is 5.58 Å². The standard InChI is InChI=1S/C26H19Br2N3O4/c1-3-34-24-19(28)10-15(11-22(24)33-2)14-29-31-25(30-20-7-5-4-6-18(20)26(31)32)23-13-16-12-17(27)8-9-21(16)35-23/h4-14H,3H2,1-2H3. The lowest BCUT2D eigenvalue weighted by Gasteiger charge is -2.12. The number of furan rings is 1. The summed E-state index contributed by atoms with van der Waals surface area (Å²) in [5, 5.41) is 5.85. The SMILES string of the molecule is CCOc1c(Br)cc(C=Nn2c(-c3cc4cc(Br)ccc4o3)nc3ccccc3c2=O)cc1OC. The Kier molecular flexibility index (Phi) is 6.44. The van der Waals surface area contributed by atoms with Gasteiger partial charge in [-0.2, -0.15) is 9.78 Å². The number of nitrogens with zero attached hydrogens (tertiary/aromatic N) is 3. The van der Waals surface area contributed by atoms with E-state index in [4.69, 9.17) is 18.9 Å². The van der Waals surface area contributed by atoms with Gasteiger partial charge in [-0.3, -0.25) is 4.79 Å². The van der Waals surface area contributed by atoms with Gasteiger partial charge in [-0.1, -0.05) is 28.1 Å². The molecule has 35 heavy (non-hydrogen) atoms. The molecular formula is C26H19Br2N3O4. The average molecular weight is 597 g/mol.